The van der Waals surface area contributed by atoms with Crippen molar-refractivity contribution >= 4 is 11.9 Å². The molecule has 0 bridgehead atoms. The number of amides is 1. The van der Waals surface area contributed by atoms with Crippen LogP contribution in [0, 0.1) is 5.92 Å². The molecule has 2 unspecified atom stereocenters. The summed E-state index contributed by atoms with van der Waals surface area (Å²) in [5.41, 5.74) is 0. The Hall–Kier alpha value is -1.10. The predicted octanol–water partition coefficient (Wildman–Crippen LogP) is 0.260. The number of carboxylic acids is 1. The van der Waals surface area contributed by atoms with Gasteiger partial charge in [0.25, 0.3) is 0 Å². The van der Waals surface area contributed by atoms with Crippen LogP contribution in [-0.2, 0) is 9.59 Å². The third kappa shape index (κ3) is 3.20. The molecule has 1 aliphatic rings. The third-order valence-corrected chi connectivity index (χ3v) is 3.10. The van der Waals surface area contributed by atoms with Gasteiger partial charge in [0.2, 0.25) is 5.91 Å². The first kappa shape index (κ1) is 13.0. The molecule has 0 aromatic rings. The maximum absolute atomic E-state index is 11.6. The van der Waals surface area contributed by atoms with E-state index >= 15 is 0 Å². The van der Waals surface area contributed by atoms with Gasteiger partial charge in [-0.05, 0) is 25.3 Å². The molecule has 0 radical (unpaired) electrons. The van der Waals surface area contributed by atoms with Gasteiger partial charge in [0.05, 0.1) is 6.54 Å². The van der Waals surface area contributed by atoms with Gasteiger partial charge < -0.3 is 10.0 Å². The molecule has 1 N–H and O–H groups in total. The second-order valence-corrected chi connectivity index (χ2v) is 4.74. The predicted molar refractivity (Wildman–Crippen MR) is 60.1 cm³/mol. The Kier molecular flexibility index (Phi) is 4.29. The fraction of sp³-hybridized carbons (Fsp3) is 0.818. The summed E-state index contributed by atoms with van der Waals surface area (Å²) in [4.78, 5) is 25.9. The first-order valence-corrected chi connectivity index (χ1v) is 5.58. The summed E-state index contributed by atoms with van der Waals surface area (Å²) in [5.74, 6) is -0.439. The summed E-state index contributed by atoms with van der Waals surface area (Å²) < 4.78 is 0. The number of carboxylic acid groups (broad SMARTS) is 1. The minimum absolute atomic E-state index is 0.0409. The largest absolute Gasteiger partial charge is 0.480 e. The Bertz CT molecular complexity index is 278. The van der Waals surface area contributed by atoms with Crippen LogP contribution in [0.2, 0.25) is 0 Å². The van der Waals surface area contributed by atoms with Crippen LogP contribution in [0.25, 0.3) is 0 Å². The fourth-order valence-corrected chi connectivity index (χ4v) is 1.95. The van der Waals surface area contributed by atoms with Crippen LogP contribution in [0.15, 0.2) is 0 Å². The van der Waals surface area contributed by atoms with Crippen molar-refractivity contribution in [1.29, 1.82) is 0 Å². The molecule has 1 aliphatic heterocycles. The number of rotatable bonds is 3. The minimum atomic E-state index is -0.821. The molecule has 16 heavy (non-hydrogen) atoms. The van der Waals surface area contributed by atoms with Crippen LogP contribution < -0.4 is 0 Å². The van der Waals surface area contributed by atoms with Crippen molar-refractivity contribution in [2.24, 2.45) is 5.92 Å². The molecule has 0 spiro atoms. The van der Waals surface area contributed by atoms with E-state index < -0.39 is 12.0 Å². The van der Waals surface area contributed by atoms with Crippen molar-refractivity contribution < 1.29 is 14.7 Å². The Balaban J connectivity index is 2.62. The first-order chi connectivity index (χ1) is 7.41. The summed E-state index contributed by atoms with van der Waals surface area (Å²) in [5, 5.41) is 9.11. The summed E-state index contributed by atoms with van der Waals surface area (Å²) in [6.45, 7) is 2.95. The molecule has 0 saturated carbocycles. The van der Waals surface area contributed by atoms with Crippen LogP contribution in [-0.4, -0.2) is 60.0 Å². The highest BCUT2D eigenvalue weighted by molar-refractivity contribution is 5.79. The number of hydrogen-bond acceptors (Lipinski definition) is 3. The van der Waals surface area contributed by atoms with E-state index in [2.05, 4.69) is 6.92 Å². The Labute approximate surface area is 96.0 Å². The highest BCUT2D eigenvalue weighted by Gasteiger charge is 2.32. The molecule has 1 rings (SSSR count). The number of carbonyl (C=O) groups excluding carboxylic acids is 1. The van der Waals surface area contributed by atoms with E-state index in [4.69, 9.17) is 5.11 Å². The molecular weight excluding hydrogens is 208 g/mol. The molecule has 0 aromatic heterocycles. The molecule has 1 amide bonds. The lowest BCUT2D eigenvalue weighted by Gasteiger charge is -2.35. The average Bonchev–Trinajstić information content (AvgIpc) is 2.20. The quantitative estimate of drug-likeness (QED) is 0.752. The molecule has 0 aromatic carbocycles. The van der Waals surface area contributed by atoms with Gasteiger partial charge >= 0.3 is 5.97 Å². The first-order valence-electron chi connectivity index (χ1n) is 5.58. The molecule has 2 atom stereocenters. The van der Waals surface area contributed by atoms with Gasteiger partial charge in [0, 0.05) is 14.1 Å². The highest BCUT2D eigenvalue weighted by atomic mass is 16.4. The van der Waals surface area contributed by atoms with Gasteiger partial charge in [-0.15, -0.1) is 0 Å². The van der Waals surface area contributed by atoms with Crippen LogP contribution in [0.3, 0.4) is 0 Å². The van der Waals surface area contributed by atoms with Crippen molar-refractivity contribution in [2.75, 3.05) is 27.2 Å². The van der Waals surface area contributed by atoms with Crippen molar-refractivity contribution in [2.45, 2.75) is 25.8 Å². The zero-order valence-electron chi connectivity index (χ0n) is 10.1. The van der Waals surface area contributed by atoms with Gasteiger partial charge in [-0.25, -0.2) is 0 Å². The van der Waals surface area contributed by atoms with Gasteiger partial charge in [-0.3, -0.25) is 14.5 Å². The number of likely N-dealkylation sites (tertiary alicyclic amines) is 1. The lowest BCUT2D eigenvalue weighted by atomic mass is 9.92. The van der Waals surface area contributed by atoms with Crippen LogP contribution in [0.5, 0.6) is 0 Å². The van der Waals surface area contributed by atoms with Crippen LogP contribution in [0.4, 0.5) is 0 Å². The maximum Gasteiger partial charge on any atom is 0.320 e. The normalized spacial score (nSPS) is 26.4. The van der Waals surface area contributed by atoms with Crippen LogP contribution in [0.1, 0.15) is 19.8 Å². The van der Waals surface area contributed by atoms with Crippen molar-refractivity contribution in [3.8, 4) is 0 Å². The SMILES string of the molecule is CC1CCN(CC(=O)N(C)C)C(C(=O)O)C1. The lowest BCUT2D eigenvalue weighted by Crippen LogP contribution is -2.50. The van der Waals surface area contributed by atoms with E-state index in [0.29, 0.717) is 18.9 Å². The molecule has 1 heterocycles. The van der Waals surface area contributed by atoms with Gasteiger partial charge in [0.15, 0.2) is 0 Å². The number of nitrogens with zero attached hydrogens (tertiary/aromatic N) is 2. The van der Waals surface area contributed by atoms with Gasteiger partial charge in [-0.2, -0.15) is 0 Å². The van der Waals surface area contributed by atoms with E-state index in [-0.39, 0.29) is 12.5 Å². The van der Waals surface area contributed by atoms with Gasteiger partial charge in [0.1, 0.15) is 6.04 Å². The summed E-state index contributed by atoms with van der Waals surface area (Å²) in [6.07, 6.45) is 1.60. The molecule has 1 saturated heterocycles. The molecule has 5 heteroatoms. The maximum atomic E-state index is 11.6. The Morgan fingerprint density at radius 1 is 1.44 bits per heavy atom. The molecule has 5 nitrogen and oxygen atoms in total. The van der Waals surface area contributed by atoms with E-state index in [1.54, 1.807) is 19.0 Å². The van der Waals surface area contributed by atoms with E-state index in [9.17, 15) is 9.59 Å². The summed E-state index contributed by atoms with van der Waals surface area (Å²) in [7, 11) is 3.37. The minimum Gasteiger partial charge on any atom is -0.480 e. The van der Waals surface area contributed by atoms with E-state index in [1.165, 1.54) is 4.90 Å². The number of aliphatic carboxylic acids is 1. The molecule has 1 fully saturated rings. The second-order valence-electron chi connectivity index (χ2n) is 4.74. The van der Waals surface area contributed by atoms with Crippen molar-refractivity contribution in [3.05, 3.63) is 0 Å². The highest BCUT2D eigenvalue weighted by Crippen LogP contribution is 2.22. The zero-order valence-corrected chi connectivity index (χ0v) is 10.1. The average molecular weight is 228 g/mol. The smallest absolute Gasteiger partial charge is 0.320 e. The standard InChI is InChI=1S/C11H20N2O3/c1-8-4-5-13(7-10(14)12(2)3)9(6-8)11(15)16/h8-9H,4-7H2,1-3H3,(H,15,16). The molecule has 0 aliphatic carbocycles. The molecule has 92 valence electrons. The van der Waals surface area contributed by atoms with Gasteiger partial charge in [-0.1, -0.05) is 6.92 Å². The number of piperidine rings is 1. The second kappa shape index (κ2) is 5.30. The Morgan fingerprint density at radius 3 is 2.56 bits per heavy atom. The Morgan fingerprint density at radius 2 is 2.06 bits per heavy atom. The molecular formula is C11H20N2O3. The number of hydrogen-bond donors (Lipinski definition) is 1. The third-order valence-electron chi connectivity index (χ3n) is 3.10. The number of carbonyl (C=O) groups is 2. The van der Waals surface area contributed by atoms with Crippen LogP contribution >= 0.6 is 0 Å². The topological polar surface area (TPSA) is 60.9 Å². The summed E-state index contributed by atoms with van der Waals surface area (Å²) in [6, 6.07) is -0.507. The van der Waals surface area contributed by atoms with Crippen molar-refractivity contribution in [3.63, 3.8) is 0 Å². The number of likely N-dealkylation sites (N-methyl/N-ethyl adjacent to an activating group) is 1. The monoisotopic (exact) mass is 228 g/mol. The van der Waals surface area contributed by atoms with Crippen molar-refractivity contribution in [1.82, 2.24) is 9.80 Å². The fourth-order valence-electron chi connectivity index (χ4n) is 1.95. The van der Waals surface area contributed by atoms with E-state index in [1.807, 2.05) is 0 Å². The lowest BCUT2D eigenvalue weighted by molar-refractivity contribution is -0.146. The van der Waals surface area contributed by atoms with E-state index in [0.717, 1.165) is 6.42 Å². The summed E-state index contributed by atoms with van der Waals surface area (Å²) >= 11 is 0. The zero-order chi connectivity index (χ0) is 12.3.